The van der Waals surface area contributed by atoms with E-state index in [0.717, 1.165) is 11.8 Å². The van der Waals surface area contributed by atoms with Gasteiger partial charge in [-0.3, -0.25) is 4.40 Å². The Balaban J connectivity index is 1.70. The van der Waals surface area contributed by atoms with E-state index in [1.54, 1.807) is 30.3 Å². The van der Waals surface area contributed by atoms with E-state index in [1.807, 2.05) is 6.92 Å². The highest BCUT2D eigenvalue weighted by atomic mass is 19.2. The zero-order chi connectivity index (χ0) is 23.1. The lowest BCUT2D eigenvalue weighted by Gasteiger charge is -2.10. The predicted octanol–water partition coefficient (Wildman–Crippen LogP) is 5.60. The maximum Gasteiger partial charge on any atom is 0.219 e. The van der Waals surface area contributed by atoms with Crippen LogP contribution in [0.5, 0.6) is 5.88 Å². The van der Waals surface area contributed by atoms with Crippen LogP contribution < -0.4 is 0 Å². The van der Waals surface area contributed by atoms with Crippen molar-refractivity contribution in [1.82, 2.24) is 14.4 Å². The van der Waals surface area contributed by atoms with Crippen molar-refractivity contribution in [2.24, 2.45) is 0 Å². The average Bonchev–Trinajstić information content (AvgIpc) is 3.35. The number of imidazole rings is 1. The fraction of sp³-hybridized carbons (Fsp3) is 0.120. The number of aromatic nitrogens is 3. The van der Waals surface area contributed by atoms with Crippen molar-refractivity contribution in [3.8, 4) is 17.1 Å². The Hall–Kier alpha value is -4.07. The predicted molar refractivity (Wildman–Crippen MR) is 115 cm³/mol. The second-order valence-electron chi connectivity index (χ2n) is 7.71. The number of halogens is 3. The van der Waals surface area contributed by atoms with Crippen LogP contribution in [0.4, 0.5) is 13.2 Å². The number of benzene rings is 2. The molecule has 0 aliphatic carbocycles. The molecule has 5 nitrogen and oxygen atoms in total. The van der Waals surface area contributed by atoms with Gasteiger partial charge >= 0.3 is 0 Å². The van der Waals surface area contributed by atoms with E-state index >= 15 is 0 Å². The van der Waals surface area contributed by atoms with E-state index in [2.05, 4.69) is 9.97 Å². The van der Waals surface area contributed by atoms with Gasteiger partial charge in [0.05, 0.1) is 17.8 Å². The molecule has 3 heterocycles. The van der Waals surface area contributed by atoms with E-state index in [-0.39, 0.29) is 35.6 Å². The fourth-order valence-corrected chi connectivity index (χ4v) is 3.78. The Labute approximate surface area is 186 Å². The summed E-state index contributed by atoms with van der Waals surface area (Å²) in [7, 11) is 0. The molecular weight excluding hydrogens is 431 g/mol. The normalized spacial score (nSPS) is 11.4. The van der Waals surface area contributed by atoms with E-state index in [9.17, 15) is 18.3 Å². The van der Waals surface area contributed by atoms with Crippen LogP contribution in [-0.4, -0.2) is 19.5 Å². The third-order valence-corrected chi connectivity index (χ3v) is 5.40. The second-order valence-corrected chi connectivity index (χ2v) is 7.71. The molecule has 0 aliphatic rings. The van der Waals surface area contributed by atoms with E-state index in [4.69, 9.17) is 4.42 Å². The highest BCUT2D eigenvalue weighted by Crippen LogP contribution is 2.30. The average molecular weight is 449 g/mol. The number of aromatic hydroxyl groups is 1. The molecule has 3 aromatic heterocycles. The fourth-order valence-electron chi connectivity index (χ4n) is 3.78. The number of aryl methyl sites for hydroxylation is 1. The molecule has 2 aromatic carbocycles. The van der Waals surface area contributed by atoms with Gasteiger partial charge < -0.3 is 9.52 Å². The summed E-state index contributed by atoms with van der Waals surface area (Å²) in [5.74, 6) is -1.37. The zero-order valence-electron chi connectivity index (χ0n) is 17.5. The molecule has 5 rings (SSSR count). The summed E-state index contributed by atoms with van der Waals surface area (Å²) in [5.41, 5.74) is 1.27. The van der Waals surface area contributed by atoms with Crippen molar-refractivity contribution < 1.29 is 22.7 Å². The van der Waals surface area contributed by atoms with Crippen molar-refractivity contribution in [3.05, 3.63) is 107 Å². The van der Waals surface area contributed by atoms with E-state index < -0.39 is 17.5 Å². The molecule has 0 saturated heterocycles. The van der Waals surface area contributed by atoms with Crippen LogP contribution in [0.3, 0.4) is 0 Å². The van der Waals surface area contributed by atoms with Gasteiger partial charge in [-0.2, -0.15) is 0 Å². The number of fused-ring (bicyclic) bond motifs is 1. The van der Waals surface area contributed by atoms with Gasteiger partial charge in [0, 0.05) is 18.2 Å². The molecule has 33 heavy (non-hydrogen) atoms. The van der Waals surface area contributed by atoms with Gasteiger partial charge in [0.2, 0.25) is 5.88 Å². The summed E-state index contributed by atoms with van der Waals surface area (Å²) in [6.45, 7) is 1.81. The maximum atomic E-state index is 14.5. The molecule has 166 valence electrons. The summed E-state index contributed by atoms with van der Waals surface area (Å²) < 4.78 is 49.7. The molecule has 0 spiro atoms. The molecule has 1 N–H and O–H groups in total. The molecule has 0 fully saturated rings. The third kappa shape index (κ3) is 3.84. The van der Waals surface area contributed by atoms with Crippen LogP contribution in [0.15, 0.2) is 65.2 Å². The molecule has 5 aromatic rings. The molecular formula is C25H18F3N3O2. The molecule has 0 unspecified atom stereocenters. The lowest BCUT2D eigenvalue weighted by molar-refractivity contribution is 0.436. The van der Waals surface area contributed by atoms with Gasteiger partial charge in [-0.05, 0) is 42.8 Å². The quantitative estimate of drug-likeness (QED) is 0.379. The Morgan fingerprint density at radius 3 is 2.42 bits per heavy atom. The topological polar surface area (TPSA) is 63.6 Å². The van der Waals surface area contributed by atoms with Crippen molar-refractivity contribution in [2.75, 3.05) is 0 Å². The van der Waals surface area contributed by atoms with Crippen LogP contribution in [0.2, 0.25) is 0 Å². The number of rotatable bonds is 5. The monoisotopic (exact) mass is 449 g/mol. The first-order valence-electron chi connectivity index (χ1n) is 10.2. The Bertz CT molecular complexity index is 1490. The van der Waals surface area contributed by atoms with Gasteiger partial charge in [-0.15, -0.1) is 0 Å². The summed E-state index contributed by atoms with van der Waals surface area (Å²) in [5, 5.41) is 10.9. The first kappa shape index (κ1) is 20.8. The smallest absolute Gasteiger partial charge is 0.219 e. The minimum atomic E-state index is -1.06. The van der Waals surface area contributed by atoms with Crippen molar-refractivity contribution in [2.45, 2.75) is 19.8 Å². The minimum absolute atomic E-state index is 0.0384. The molecule has 0 saturated carbocycles. The van der Waals surface area contributed by atoms with Crippen molar-refractivity contribution in [1.29, 1.82) is 0 Å². The lowest BCUT2D eigenvalue weighted by Crippen LogP contribution is -2.03. The van der Waals surface area contributed by atoms with Crippen LogP contribution in [-0.2, 0) is 12.8 Å². The highest BCUT2D eigenvalue weighted by molar-refractivity contribution is 5.64. The number of nitrogens with zero attached hydrogens (tertiary/aromatic N) is 3. The molecule has 8 heteroatoms. The van der Waals surface area contributed by atoms with Crippen LogP contribution >= 0.6 is 0 Å². The van der Waals surface area contributed by atoms with Crippen molar-refractivity contribution >= 4 is 5.65 Å². The second kappa shape index (κ2) is 8.12. The Morgan fingerprint density at radius 1 is 0.879 bits per heavy atom. The van der Waals surface area contributed by atoms with Gasteiger partial charge in [0.1, 0.15) is 23.0 Å². The largest absolute Gasteiger partial charge is 0.493 e. The van der Waals surface area contributed by atoms with Crippen LogP contribution in [0, 0.1) is 24.4 Å². The summed E-state index contributed by atoms with van der Waals surface area (Å²) in [4.78, 5) is 9.00. The molecule has 0 aliphatic heterocycles. The SMILES string of the molecule is Cc1ccc(Cc2nc3c(Cc4ccccc4F)nc(-c4cccc(F)c4F)cn3c2O)o1. The third-order valence-electron chi connectivity index (χ3n) is 5.40. The van der Waals surface area contributed by atoms with E-state index in [0.29, 0.717) is 22.7 Å². The van der Waals surface area contributed by atoms with Gasteiger partial charge in [-0.1, -0.05) is 24.3 Å². The standard InChI is InChI=1S/C25H18F3N3O2/c1-14-9-10-16(33-14)12-21-25(32)31-13-22(17-6-4-8-19(27)23(17)28)29-20(24(31)30-21)11-15-5-2-3-7-18(15)26/h2-10,13,32H,11-12H2,1H3. The maximum absolute atomic E-state index is 14.5. The molecule has 0 atom stereocenters. The molecule has 0 radical (unpaired) electrons. The number of hydrogen-bond acceptors (Lipinski definition) is 4. The Kier molecular flexibility index (Phi) is 5.12. The van der Waals surface area contributed by atoms with Crippen LogP contribution in [0.1, 0.15) is 28.5 Å². The van der Waals surface area contributed by atoms with Gasteiger partial charge in [0.15, 0.2) is 17.3 Å². The number of furan rings is 1. The Morgan fingerprint density at radius 2 is 1.67 bits per heavy atom. The highest BCUT2D eigenvalue weighted by Gasteiger charge is 2.21. The summed E-state index contributed by atoms with van der Waals surface area (Å²) >= 11 is 0. The molecule has 0 amide bonds. The van der Waals surface area contributed by atoms with E-state index in [1.165, 1.54) is 28.8 Å². The molecule has 0 bridgehead atoms. The van der Waals surface area contributed by atoms with Gasteiger partial charge in [-0.25, -0.2) is 23.1 Å². The minimum Gasteiger partial charge on any atom is -0.493 e. The van der Waals surface area contributed by atoms with Gasteiger partial charge in [0.25, 0.3) is 0 Å². The first-order chi connectivity index (χ1) is 15.9. The first-order valence-corrected chi connectivity index (χ1v) is 10.2. The van der Waals surface area contributed by atoms with Crippen molar-refractivity contribution in [3.63, 3.8) is 0 Å². The lowest BCUT2D eigenvalue weighted by atomic mass is 10.1. The zero-order valence-corrected chi connectivity index (χ0v) is 17.5. The summed E-state index contributed by atoms with van der Waals surface area (Å²) in [6, 6.07) is 13.6. The van der Waals surface area contributed by atoms with Crippen LogP contribution in [0.25, 0.3) is 16.9 Å². The number of hydrogen-bond donors (Lipinski definition) is 1. The summed E-state index contributed by atoms with van der Waals surface area (Å²) in [6.07, 6.45) is 1.64.